The number of aromatic amines is 1. The van der Waals surface area contributed by atoms with Crippen LogP contribution in [0, 0.1) is 0 Å². The molecule has 7 nitrogen and oxygen atoms in total. The smallest absolute Gasteiger partial charge is 0.341 e. The van der Waals surface area contributed by atoms with Gasteiger partial charge in [-0.1, -0.05) is 11.8 Å². The first-order valence-corrected chi connectivity index (χ1v) is 6.96. The van der Waals surface area contributed by atoms with Crippen LogP contribution in [0.3, 0.4) is 0 Å². The quantitative estimate of drug-likeness (QED) is 0.502. The molecule has 2 heterocycles. The second-order valence-corrected chi connectivity index (χ2v) is 4.84. The Morgan fingerprint density at radius 1 is 1.55 bits per heavy atom. The molecule has 1 N–H and O–H groups in total. The molecule has 2 rings (SSSR count). The van der Waals surface area contributed by atoms with Crippen LogP contribution in [0.25, 0.3) is 0 Å². The summed E-state index contributed by atoms with van der Waals surface area (Å²) in [5, 5.41) is 4.55. The lowest BCUT2D eigenvalue weighted by Crippen LogP contribution is -2.09. The van der Waals surface area contributed by atoms with E-state index in [-0.39, 0.29) is 5.56 Å². The number of ether oxygens (including phenoxy) is 1. The fourth-order valence-corrected chi connectivity index (χ4v) is 2.50. The molecule has 106 valence electrons. The molecule has 0 radical (unpaired) electrons. The summed E-state index contributed by atoms with van der Waals surface area (Å²) in [6, 6.07) is 1.35. The van der Waals surface area contributed by atoms with E-state index in [0.29, 0.717) is 23.1 Å². The lowest BCUT2D eigenvalue weighted by Gasteiger charge is -2.05. The van der Waals surface area contributed by atoms with E-state index < -0.39 is 5.97 Å². The molecule has 0 fully saturated rings. The van der Waals surface area contributed by atoms with Crippen molar-refractivity contribution in [3.8, 4) is 0 Å². The third-order valence-corrected chi connectivity index (χ3v) is 3.45. The summed E-state index contributed by atoms with van der Waals surface area (Å²) in [4.78, 5) is 29.6. The van der Waals surface area contributed by atoms with E-state index in [2.05, 4.69) is 15.1 Å². The Bertz CT molecular complexity index is 665. The van der Waals surface area contributed by atoms with E-state index in [1.165, 1.54) is 30.2 Å². The van der Waals surface area contributed by atoms with Crippen LogP contribution in [0.15, 0.2) is 28.4 Å². The van der Waals surface area contributed by atoms with E-state index in [4.69, 9.17) is 4.74 Å². The summed E-state index contributed by atoms with van der Waals surface area (Å²) in [7, 11) is 1.75. The third kappa shape index (κ3) is 3.27. The Hall–Kier alpha value is -2.09. The normalized spacial score (nSPS) is 10.5. The second-order valence-electron chi connectivity index (χ2n) is 3.88. The molecule has 2 aromatic rings. The predicted molar refractivity (Wildman–Crippen MR) is 73.6 cm³/mol. The SMILES string of the molecule is CCOC(=O)c1cnn(C)c1CSc1nccc(=O)[nH]1. The molecule has 0 spiro atoms. The summed E-state index contributed by atoms with van der Waals surface area (Å²) in [6.45, 7) is 2.06. The Labute approximate surface area is 119 Å². The van der Waals surface area contributed by atoms with Gasteiger partial charge in [0.15, 0.2) is 5.16 Å². The van der Waals surface area contributed by atoms with Crippen LogP contribution in [0.1, 0.15) is 23.0 Å². The molecular weight excluding hydrogens is 280 g/mol. The fourth-order valence-electron chi connectivity index (χ4n) is 1.58. The van der Waals surface area contributed by atoms with Gasteiger partial charge in [0.05, 0.1) is 18.5 Å². The molecule has 0 unspecified atom stereocenters. The van der Waals surface area contributed by atoms with Gasteiger partial charge in [0.1, 0.15) is 5.56 Å². The minimum absolute atomic E-state index is 0.210. The van der Waals surface area contributed by atoms with Gasteiger partial charge in [0, 0.05) is 25.1 Å². The Morgan fingerprint density at radius 3 is 3.05 bits per heavy atom. The number of aromatic nitrogens is 4. The van der Waals surface area contributed by atoms with Gasteiger partial charge in [-0.05, 0) is 6.92 Å². The highest BCUT2D eigenvalue weighted by Gasteiger charge is 2.17. The van der Waals surface area contributed by atoms with Crippen LogP contribution in [0.2, 0.25) is 0 Å². The van der Waals surface area contributed by atoms with Gasteiger partial charge < -0.3 is 9.72 Å². The Balaban J connectivity index is 2.15. The minimum atomic E-state index is -0.397. The maximum atomic E-state index is 11.8. The van der Waals surface area contributed by atoms with Crippen LogP contribution in [-0.2, 0) is 17.5 Å². The number of aryl methyl sites for hydroxylation is 1. The van der Waals surface area contributed by atoms with E-state index >= 15 is 0 Å². The molecule has 0 aliphatic rings. The number of nitrogens with zero attached hydrogens (tertiary/aromatic N) is 3. The highest BCUT2D eigenvalue weighted by molar-refractivity contribution is 7.98. The van der Waals surface area contributed by atoms with E-state index in [1.807, 2.05) is 0 Å². The van der Waals surface area contributed by atoms with Crippen LogP contribution in [0.4, 0.5) is 0 Å². The van der Waals surface area contributed by atoms with Crippen molar-refractivity contribution < 1.29 is 9.53 Å². The highest BCUT2D eigenvalue weighted by Crippen LogP contribution is 2.20. The first-order valence-electron chi connectivity index (χ1n) is 5.98. The largest absolute Gasteiger partial charge is 0.462 e. The molecule has 2 aromatic heterocycles. The molecule has 20 heavy (non-hydrogen) atoms. The number of H-pyrrole nitrogens is 1. The number of rotatable bonds is 5. The minimum Gasteiger partial charge on any atom is -0.462 e. The molecule has 0 bridgehead atoms. The lowest BCUT2D eigenvalue weighted by molar-refractivity contribution is 0.0525. The first-order chi connectivity index (χ1) is 9.61. The summed E-state index contributed by atoms with van der Waals surface area (Å²) in [5.74, 6) is 0.0585. The zero-order valence-corrected chi connectivity index (χ0v) is 11.9. The summed E-state index contributed by atoms with van der Waals surface area (Å²) < 4.78 is 6.59. The number of carbonyl (C=O) groups excluding carboxylic acids is 1. The average Bonchev–Trinajstić information content (AvgIpc) is 2.78. The molecule has 0 amide bonds. The Kier molecular flexibility index (Phi) is 4.57. The zero-order valence-electron chi connectivity index (χ0n) is 11.1. The van der Waals surface area contributed by atoms with Gasteiger partial charge in [-0.25, -0.2) is 9.78 Å². The summed E-state index contributed by atoms with van der Waals surface area (Å²) in [6.07, 6.45) is 2.92. The fraction of sp³-hybridized carbons (Fsp3) is 0.333. The Morgan fingerprint density at radius 2 is 2.35 bits per heavy atom. The molecule has 0 aliphatic carbocycles. The number of hydrogen-bond donors (Lipinski definition) is 1. The van der Waals surface area contributed by atoms with Gasteiger partial charge in [0.2, 0.25) is 0 Å². The molecule has 0 atom stereocenters. The van der Waals surface area contributed by atoms with Crippen molar-refractivity contribution in [2.45, 2.75) is 17.8 Å². The van der Waals surface area contributed by atoms with E-state index in [9.17, 15) is 9.59 Å². The molecular formula is C12H14N4O3S. The maximum absolute atomic E-state index is 11.8. The van der Waals surface area contributed by atoms with E-state index in [1.54, 1.807) is 18.7 Å². The van der Waals surface area contributed by atoms with Crippen molar-refractivity contribution in [1.29, 1.82) is 0 Å². The maximum Gasteiger partial charge on any atom is 0.341 e. The molecule has 0 saturated carbocycles. The van der Waals surface area contributed by atoms with Gasteiger partial charge >= 0.3 is 5.97 Å². The van der Waals surface area contributed by atoms with Crippen molar-refractivity contribution in [1.82, 2.24) is 19.7 Å². The van der Waals surface area contributed by atoms with Gasteiger partial charge in [-0.3, -0.25) is 9.48 Å². The zero-order chi connectivity index (χ0) is 14.5. The number of nitrogens with one attached hydrogen (secondary N) is 1. The number of hydrogen-bond acceptors (Lipinski definition) is 6. The van der Waals surface area contributed by atoms with Gasteiger partial charge in [-0.2, -0.15) is 5.10 Å². The highest BCUT2D eigenvalue weighted by atomic mass is 32.2. The van der Waals surface area contributed by atoms with Crippen molar-refractivity contribution >= 4 is 17.7 Å². The van der Waals surface area contributed by atoms with Gasteiger partial charge in [-0.15, -0.1) is 0 Å². The van der Waals surface area contributed by atoms with Gasteiger partial charge in [0.25, 0.3) is 5.56 Å². The third-order valence-electron chi connectivity index (χ3n) is 2.55. The second kappa shape index (κ2) is 6.38. The molecule has 0 aliphatic heterocycles. The number of thioether (sulfide) groups is 1. The summed E-state index contributed by atoms with van der Waals surface area (Å²) >= 11 is 1.32. The van der Waals surface area contributed by atoms with Crippen LogP contribution in [0.5, 0.6) is 0 Å². The van der Waals surface area contributed by atoms with E-state index in [0.717, 1.165) is 5.69 Å². The van der Waals surface area contributed by atoms with Crippen molar-refractivity contribution in [3.63, 3.8) is 0 Å². The van der Waals surface area contributed by atoms with Crippen molar-refractivity contribution in [2.75, 3.05) is 6.61 Å². The lowest BCUT2D eigenvalue weighted by atomic mass is 10.3. The standard InChI is InChI=1S/C12H14N4O3S/c1-3-19-11(18)8-6-14-16(2)9(8)7-20-12-13-5-4-10(17)15-12/h4-6H,3,7H2,1-2H3,(H,13,15,17). The van der Waals surface area contributed by atoms with Crippen LogP contribution >= 0.6 is 11.8 Å². The number of carbonyl (C=O) groups is 1. The van der Waals surface area contributed by atoms with Crippen LogP contribution in [-0.4, -0.2) is 32.3 Å². The number of esters is 1. The first kappa shape index (κ1) is 14.3. The monoisotopic (exact) mass is 294 g/mol. The van der Waals surface area contributed by atoms with Crippen molar-refractivity contribution in [2.24, 2.45) is 7.05 Å². The van der Waals surface area contributed by atoms with Crippen molar-refractivity contribution in [3.05, 3.63) is 40.1 Å². The molecule has 0 saturated heterocycles. The average molecular weight is 294 g/mol. The topological polar surface area (TPSA) is 89.9 Å². The predicted octanol–water partition coefficient (Wildman–Crippen LogP) is 0.972. The molecule has 8 heteroatoms. The summed E-state index contributed by atoms with van der Waals surface area (Å²) in [5.41, 5.74) is 0.943. The molecule has 0 aromatic carbocycles. The van der Waals surface area contributed by atoms with Crippen LogP contribution < -0.4 is 5.56 Å².